The molecule has 0 spiro atoms. The van der Waals surface area contributed by atoms with Crippen LogP contribution in [0.2, 0.25) is 5.15 Å². The van der Waals surface area contributed by atoms with E-state index in [-0.39, 0.29) is 10.8 Å². The molecule has 5 aromatic rings. The van der Waals surface area contributed by atoms with Crippen molar-refractivity contribution in [1.29, 1.82) is 0 Å². The topological polar surface area (TPSA) is 127 Å². The van der Waals surface area contributed by atoms with E-state index in [1.807, 2.05) is 55.8 Å². The lowest BCUT2D eigenvalue weighted by Crippen LogP contribution is -2.13. The maximum atomic E-state index is 11.9. The van der Waals surface area contributed by atoms with Gasteiger partial charge in [0.1, 0.15) is 5.82 Å². The minimum absolute atomic E-state index is 0.0143. The van der Waals surface area contributed by atoms with Crippen LogP contribution in [0.4, 0.5) is 0 Å². The highest BCUT2D eigenvalue weighted by molar-refractivity contribution is 6.32. The maximum absolute atomic E-state index is 11.9. The first kappa shape index (κ1) is 24.4. The van der Waals surface area contributed by atoms with Crippen LogP contribution in [-0.4, -0.2) is 51.0 Å². The first-order valence-corrected chi connectivity index (χ1v) is 12.3. The van der Waals surface area contributed by atoms with E-state index in [9.17, 15) is 9.90 Å². The van der Waals surface area contributed by atoms with E-state index in [1.54, 1.807) is 9.25 Å². The smallest absolute Gasteiger partial charge is 0.355 e. The molecule has 0 amide bonds. The summed E-state index contributed by atoms with van der Waals surface area (Å²) in [4.78, 5) is 16.2. The Morgan fingerprint density at radius 3 is 2.51 bits per heavy atom. The van der Waals surface area contributed by atoms with E-state index in [0.717, 1.165) is 46.2 Å². The predicted octanol–water partition coefficient (Wildman–Crippen LogP) is 4.87. The molecule has 0 saturated carbocycles. The molecule has 0 unspecified atom stereocenters. The Bertz CT molecular complexity index is 1540. The zero-order chi connectivity index (χ0) is 25.9. The Hall–Kier alpha value is -4.31. The number of hydrogen-bond donors (Lipinski definition) is 2. The number of carboxylic acid groups (broad SMARTS) is 1. The fourth-order valence-electron chi connectivity index (χ4n) is 4.34. The summed E-state index contributed by atoms with van der Waals surface area (Å²) in [6.07, 6.45) is 6.32. The van der Waals surface area contributed by atoms with Crippen molar-refractivity contribution in [2.45, 2.75) is 32.7 Å². The molecule has 0 bridgehead atoms. The molecule has 0 atom stereocenters. The van der Waals surface area contributed by atoms with Gasteiger partial charge in [-0.25, -0.2) is 9.78 Å². The molecule has 0 saturated heterocycles. The molecule has 0 aliphatic carbocycles. The summed E-state index contributed by atoms with van der Waals surface area (Å²) >= 11 is 6.19. The van der Waals surface area contributed by atoms with Gasteiger partial charge < -0.3 is 9.67 Å². The molecule has 2 N–H and O–H groups in total. The van der Waals surface area contributed by atoms with Crippen LogP contribution < -0.4 is 0 Å². The van der Waals surface area contributed by atoms with Crippen molar-refractivity contribution >= 4 is 17.6 Å². The summed E-state index contributed by atoms with van der Waals surface area (Å²) in [5, 5.41) is 28.6. The van der Waals surface area contributed by atoms with Gasteiger partial charge in [0.15, 0.2) is 10.8 Å². The third kappa shape index (κ3) is 5.01. The molecule has 2 aromatic carbocycles. The van der Waals surface area contributed by atoms with Crippen LogP contribution in [0.25, 0.3) is 33.6 Å². The number of hydrogen-bond acceptors (Lipinski definition) is 6. The van der Waals surface area contributed by atoms with Gasteiger partial charge in [0, 0.05) is 37.3 Å². The summed E-state index contributed by atoms with van der Waals surface area (Å²) < 4.78 is 3.46. The van der Waals surface area contributed by atoms with Crippen molar-refractivity contribution in [3.05, 3.63) is 77.1 Å². The standard InChI is InChI=1S/C26H25ClN8O2/c1-3-4-5-22-29-24(27)23(26(36)37)35(22)14-16-6-8-17(9-7-16)21-12-18(19-13-28-34(2)15-19)10-11-20(21)25-30-32-33-31-25/h6-13,15H,3-5,14H2,1-2H3,(H,36,37)(H,30,31,32,33). The predicted molar refractivity (Wildman–Crippen MR) is 139 cm³/mol. The quantitative estimate of drug-likeness (QED) is 0.286. The number of aromatic amines is 1. The first-order valence-electron chi connectivity index (χ1n) is 11.9. The summed E-state index contributed by atoms with van der Waals surface area (Å²) in [6, 6.07) is 14.0. The summed E-state index contributed by atoms with van der Waals surface area (Å²) in [7, 11) is 1.88. The average Bonchev–Trinajstić information content (AvgIpc) is 3.64. The van der Waals surface area contributed by atoms with Crippen LogP contribution in [0.5, 0.6) is 0 Å². The third-order valence-corrected chi connectivity index (χ3v) is 6.47. The van der Waals surface area contributed by atoms with E-state index >= 15 is 0 Å². The van der Waals surface area contributed by atoms with Gasteiger partial charge in [-0.1, -0.05) is 55.3 Å². The van der Waals surface area contributed by atoms with E-state index in [4.69, 9.17) is 11.6 Å². The molecule has 0 aliphatic rings. The lowest BCUT2D eigenvalue weighted by atomic mass is 9.94. The van der Waals surface area contributed by atoms with Gasteiger partial charge in [-0.2, -0.15) is 10.3 Å². The molecular weight excluding hydrogens is 492 g/mol. The van der Waals surface area contributed by atoms with Gasteiger partial charge >= 0.3 is 5.97 Å². The van der Waals surface area contributed by atoms with Gasteiger partial charge in [-0.15, -0.1) is 10.2 Å². The van der Waals surface area contributed by atoms with Crippen LogP contribution in [0.1, 0.15) is 41.6 Å². The number of tetrazole rings is 1. The number of carboxylic acids is 1. The highest BCUT2D eigenvalue weighted by atomic mass is 35.5. The van der Waals surface area contributed by atoms with E-state index in [2.05, 4.69) is 43.7 Å². The van der Waals surface area contributed by atoms with Crippen LogP contribution in [-0.2, 0) is 20.0 Å². The molecular formula is C26H25ClN8O2. The summed E-state index contributed by atoms with van der Waals surface area (Å²) in [6.45, 7) is 2.44. The van der Waals surface area contributed by atoms with Crippen molar-refractivity contribution in [3.8, 4) is 33.6 Å². The fourth-order valence-corrected chi connectivity index (χ4v) is 4.62. The molecule has 11 heteroatoms. The first-order chi connectivity index (χ1) is 17.9. The number of aromatic nitrogens is 8. The molecule has 0 fully saturated rings. The van der Waals surface area contributed by atoms with E-state index < -0.39 is 5.97 Å². The number of H-pyrrole nitrogens is 1. The lowest BCUT2D eigenvalue weighted by molar-refractivity contribution is 0.0685. The Morgan fingerprint density at radius 2 is 1.86 bits per heavy atom. The molecule has 3 aromatic heterocycles. The fraction of sp³-hybridized carbons (Fsp3) is 0.231. The van der Waals surface area contributed by atoms with Gasteiger partial charge in [0.2, 0.25) is 5.82 Å². The normalized spacial score (nSPS) is 11.2. The molecule has 10 nitrogen and oxygen atoms in total. The molecule has 0 radical (unpaired) electrons. The molecule has 37 heavy (non-hydrogen) atoms. The molecule has 3 heterocycles. The Morgan fingerprint density at radius 1 is 1.08 bits per heavy atom. The number of aryl methyl sites for hydroxylation is 2. The van der Waals surface area contributed by atoms with E-state index in [1.165, 1.54) is 0 Å². The van der Waals surface area contributed by atoms with Crippen molar-refractivity contribution in [1.82, 2.24) is 40.0 Å². The highest BCUT2D eigenvalue weighted by Gasteiger charge is 2.21. The van der Waals surface area contributed by atoms with Gasteiger partial charge in [0.05, 0.1) is 6.20 Å². The highest BCUT2D eigenvalue weighted by Crippen LogP contribution is 2.34. The van der Waals surface area contributed by atoms with Crippen molar-refractivity contribution in [2.24, 2.45) is 7.05 Å². The van der Waals surface area contributed by atoms with Gasteiger partial charge in [-0.05, 0) is 46.0 Å². The zero-order valence-electron chi connectivity index (χ0n) is 20.4. The second-order valence-corrected chi connectivity index (χ2v) is 9.12. The Balaban J connectivity index is 1.51. The summed E-state index contributed by atoms with van der Waals surface area (Å²) in [5.74, 6) is 0.0854. The Kier molecular flexibility index (Phi) is 6.82. The minimum Gasteiger partial charge on any atom is -0.476 e. The number of aromatic carboxylic acids is 1. The van der Waals surface area contributed by atoms with Crippen molar-refractivity contribution in [2.75, 3.05) is 0 Å². The molecule has 188 valence electrons. The Labute approximate surface area is 217 Å². The number of benzene rings is 2. The van der Waals surface area contributed by atoms with E-state index in [0.29, 0.717) is 24.6 Å². The number of imidazole rings is 1. The number of nitrogens with zero attached hydrogens (tertiary/aromatic N) is 7. The third-order valence-electron chi connectivity index (χ3n) is 6.21. The zero-order valence-corrected chi connectivity index (χ0v) is 21.1. The lowest BCUT2D eigenvalue weighted by Gasteiger charge is -2.13. The van der Waals surface area contributed by atoms with Crippen LogP contribution in [0.3, 0.4) is 0 Å². The molecule has 5 rings (SSSR count). The van der Waals surface area contributed by atoms with Gasteiger partial charge in [0.25, 0.3) is 0 Å². The number of rotatable bonds is 9. The number of carbonyl (C=O) groups is 1. The monoisotopic (exact) mass is 516 g/mol. The number of unbranched alkanes of at least 4 members (excludes halogenated alkanes) is 1. The molecule has 0 aliphatic heterocycles. The van der Waals surface area contributed by atoms with Crippen LogP contribution >= 0.6 is 11.6 Å². The maximum Gasteiger partial charge on any atom is 0.355 e. The number of halogens is 1. The van der Waals surface area contributed by atoms with Crippen LogP contribution in [0, 0.1) is 0 Å². The minimum atomic E-state index is -1.09. The number of nitrogens with one attached hydrogen (secondary N) is 1. The average molecular weight is 517 g/mol. The largest absolute Gasteiger partial charge is 0.476 e. The van der Waals surface area contributed by atoms with Gasteiger partial charge in [-0.3, -0.25) is 4.68 Å². The van der Waals surface area contributed by atoms with Crippen molar-refractivity contribution < 1.29 is 9.90 Å². The SMILES string of the molecule is CCCCc1nc(Cl)c(C(=O)O)n1Cc1ccc(-c2cc(-c3cnn(C)c3)ccc2-c2nn[nH]n2)cc1. The summed E-state index contributed by atoms with van der Waals surface area (Å²) in [5.41, 5.74) is 5.70. The van der Waals surface area contributed by atoms with Crippen molar-refractivity contribution in [3.63, 3.8) is 0 Å². The second-order valence-electron chi connectivity index (χ2n) is 8.76. The van der Waals surface area contributed by atoms with Crippen LogP contribution in [0.15, 0.2) is 54.9 Å². The second kappa shape index (κ2) is 10.4.